The number of anilines is 2. The van der Waals surface area contributed by atoms with Crippen molar-refractivity contribution in [2.24, 2.45) is 0 Å². The lowest BCUT2D eigenvalue weighted by Gasteiger charge is -2.20. The van der Waals surface area contributed by atoms with Gasteiger partial charge >= 0.3 is 0 Å². The number of hydrogen-bond donors (Lipinski definition) is 2. The minimum absolute atomic E-state index is 0.0300. The second-order valence-corrected chi connectivity index (χ2v) is 9.42. The molecule has 0 fully saturated rings. The first kappa shape index (κ1) is 23.4. The highest BCUT2D eigenvalue weighted by Gasteiger charge is 2.18. The standard InChI is InChI=1S/C28H18Cl3FN2O/c29-19-6-1-16(2-7-19)28(17-3-8-20(30)9-4-17)18-5-12-25-22(13-18)26(15-27(35)34-25)33-21-10-11-23(31)24(32)14-21/h1-15,28H,(H2,33,34,35). The van der Waals surface area contributed by atoms with E-state index in [1.165, 1.54) is 18.2 Å². The molecule has 0 bridgehead atoms. The summed E-state index contributed by atoms with van der Waals surface area (Å²) in [6, 6.07) is 27.2. The van der Waals surface area contributed by atoms with Crippen LogP contribution in [0.2, 0.25) is 15.1 Å². The van der Waals surface area contributed by atoms with E-state index in [0.29, 0.717) is 26.9 Å². The Bertz CT molecular complexity index is 1540. The second-order valence-electron chi connectivity index (χ2n) is 8.14. The molecule has 0 saturated heterocycles. The molecule has 0 spiro atoms. The highest BCUT2D eigenvalue weighted by atomic mass is 35.5. The van der Waals surface area contributed by atoms with E-state index >= 15 is 0 Å². The van der Waals surface area contributed by atoms with Crippen molar-refractivity contribution < 1.29 is 4.39 Å². The van der Waals surface area contributed by atoms with Crippen molar-refractivity contribution >= 4 is 57.1 Å². The topological polar surface area (TPSA) is 44.9 Å². The number of rotatable bonds is 5. The van der Waals surface area contributed by atoms with E-state index in [1.54, 1.807) is 6.07 Å². The van der Waals surface area contributed by atoms with Crippen LogP contribution in [0.25, 0.3) is 10.9 Å². The fourth-order valence-electron chi connectivity index (χ4n) is 4.17. The quantitative estimate of drug-likeness (QED) is 0.227. The Morgan fingerprint density at radius 3 is 1.91 bits per heavy atom. The van der Waals surface area contributed by atoms with Gasteiger partial charge in [0.2, 0.25) is 5.56 Å². The Hall–Kier alpha value is -3.31. The van der Waals surface area contributed by atoms with Gasteiger partial charge < -0.3 is 10.3 Å². The summed E-state index contributed by atoms with van der Waals surface area (Å²) in [6.45, 7) is 0. The lowest BCUT2D eigenvalue weighted by molar-refractivity contribution is 0.629. The zero-order chi connectivity index (χ0) is 24.5. The summed E-state index contributed by atoms with van der Waals surface area (Å²) in [6.07, 6.45) is 0. The number of fused-ring (bicyclic) bond motifs is 1. The van der Waals surface area contributed by atoms with Gasteiger partial charge in [-0.25, -0.2) is 4.39 Å². The normalized spacial score (nSPS) is 11.2. The van der Waals surface area contributed by atoms with Crippen LogP contribution in [-0.4, -0.2) is 4.98 Å². The maximum absolute atomic E-state index is 14.0. The molecular formula is C28H18Cl3FN2O. The molecule has 0 unspecified atom stereocenters. The molecule has 1 aromatic heterocycles. The first-order valence-corrected chi connectivity index (χ1v) is 11.9. The zero-order valence-electron chi connectivity index (χ0n) is 18.2. The van der Waals surface area contributed by atoms with E-state index in [9.17, 15) is 9.18 Å². The van der Waals surface area contributed by atoms with Gasteiger partial charge in [-0.1, -0.05) is 65.1 Å². The van der Waals surface area contributed by atoms with E-state index in [4.69, 9.17) is 34.8 Å². The Labute approximate surface area is 216 Å². The average molecular weight is 524 g/mol. The molecule has 35 heavy (non-hydrogen) atoms. The summed E-state index contributed by atoms with van der Waals surface area (Å²) in [5, 5.41) is 5.28. The molecule has 174 valence electrons. The third kappa shape index (κ3) is 5.06. The lowest BCUT2D eigenvalue weighted by Crippen LogP contribution is -2.08. The second kappa shape index (κ2) is 9.74. The van der Waals surface area contributed by atoms with Crippen LogP contribution in [0, 0.1) is 5.82 Å². The van der Waals surface area contributed by atoms with Gasteiger partial charge in [-0.2, -0.15) is 0 Å². The van der Waals surface area contributed by atoms with E-state index in [0.717, 1.165) is 22.1 Å². The molecular weight excluding hydrogens is 506 g/mol. The van der Waals surface area contributed by atoms with E-state index in [2.05, 4.69) is 10.3 Å². The van der Waals surface area contributed by atoms with Crippen LogP contribution in [0.5, 0.6) is 0 Å². The summed E-state index contributed by atoms with van der Waals surface area (Å²) >= 11 is 18.1. The van der Waals surface area contributed by atoms with Crippen molar-refractivity contribution in [2.75, 3.05) is 5.32 Å². The van der Waals surface area contributed by atoms with Crippen LogP contribution in [0.1, 0.15) is 22.6 Å². The van der Waals surface area contributed by atoms with Crippen molar-refractivity contribution in [3.05, 3.63) is 139 Å². The number of benzene rings is 4. The highest BCUT2D eigenvalue weighted by Crippen LogP contribution is 2.36. The van der Waals surface area contributed by atoms with Crippen LogP contribution < -0.4 is 10.9 Å². The first-order valence-electron chi connectivity index (χ1n) is 10.8. The van der Waals surface area contributed by atoms with E-state index < -0.39 is 5.82 Å². The van der Waals surface area contributed by atoms with Crippen molar-refractivity contribution in [1.82, 2.24) is 4.98 Å². The fourth-order valence-corrected chi connectivity index (χ4v) is 4.54. The number of hydrogen-bond acceptors (Lipinski definition) is 2. The predicted molar refractivity (Wildman–Crippen MR) is 143 cm³/mol. The molecule has 7 heteroatoms. The Balaban J connectivity index is 1.66. The Kier molecular flexibility index (Phi) is 6.52. The van der Waals surface area contributed by atoms with Gasteiger partial charge in [-0.15, -0.1) is 0 Å². The molecule has 5 aromatic rings. The summed E-state index contributed by atoms with van der Waals surface area (Å²) < 4.78 is 14.0. The molecule has 1 heterocycles. The zero-order valence-corrected chi connectivity index (χ0v) is 20.4. The van der Waals surface area contributed by atoms with E-state index in [1.807, 2.05) is 66.7 Å². The van der Waals surface area contributed by atoms with Crippen LogP contribution in [0.3, 0.4) is 0 Å². The number of aromatic nitrogens is 1. The van der Waals surface area contributed by atoms with Gasteiger partial charge in [0.25, 0.3) is 0 Å². The van der Waals surface area contributed by atoms with Crippen molar-refractivity contribution in [3.63, 3.8) is 0 Å². The maximum atomic E-state index is 14.0. The van der Waals surface area contributed by atoms with Crippen molar-refractivity contribution in [2.45, 2.75) is 5.92 Å². The Morgan fingerprint density at radius 1 is 0.714 bits per heavy atom. The van der Waals surface area contributed by atoms with Gasteiger partial charge in [0.05, 0.1) is 16.2 Å². The first-order chi connectivity index (χ1) is 16.9. The third-order valence-electron chi connectivity index (χ3n) is 5.81. The largest absolute Gasteiger partial charge is 0.355 e. The van der Waals surface area contributed by atoms with Crippen LogP contribution in [0.15, 0.2) is 95.8 Å². The highest BCUT2D eigenvalue weighted by molar-refractivity contribution is 6.31. The van der Waals surface area contributed by atoms with Gasteiger partial charge in [0.15, 0.2) is 0 Å². The summed E-state index contributed by atoms with van der Waals surface area (Å²) in [7, 11) is 0. The summed E-state index contributed by atoms with van der Waals surface area (Å²) in [5.74, 6) is -0.654. The minimum atomic E-state index is -0.544. The number of pyridine rings is 1. The predicted octanol–water partition coefficient (Wildman–Crippen LogP) is 8.55. The van der Waals surface area contributed by atoms with Crippen molar-refractivity contribution in [3.8, 4) is 0 Å². The average Bonchev–Trinajstić information content (AvgIpc) is 2.84. The molecule has 0 aliphatic rings. The molecule has 5 rings (SSSR count). The molecule has 0 saturated carbocycles. The third-order valence-corrected chi connectivity index (χ3v) is 6.62. The van der Waals surface area contributed by atoms with E-state index in [-0.39, 0.29) is 16.5 Å². The number of aromatic amines is 1. The SMILES string of the molecule is O=c1cc(Nc2ccc(Cl)c(F)c2)c2cc(C(c3ccc(Cl)cc3)c3ccc(Cl)cc3)ccc2[nH]1. The van der Waals surface area contributed by atoms with Gasteiger partial charge in [-0.05, 0) is 71.3 Å². The van der Waals surface area contributed by atoms with Gasteiger partial charge in [0, 0.05) is 33.1 Å². The number of halogens is 4. The molecule has 4 aromatic carbocycles. The maximum Gasteiger partial charge on any atom is 0.250 e. The smallest absolute Gasteiger partial charge is 0.250 e. The molecule has 2 N–H and O–H groups in total. The summed E-state index contributed by atoms with van der Waals surface area (Å²) in [4.78, 5) is 15.2. The van der Waals surface area contributed by atoms with Gasteiger partial charge in [0.1, 0.15) is 5.82 Å². The monoisotopic (exact) mass is 522 g/mol. The van der Waals surface area contributed by atoms with Crippen LogP contribution in [0.4, 0.5) is 15.8 Å². The summed E-state index contributed by atoms with van der Waals surface area (Å²) in [5.41, 5.74) is 4.52. The molecule has 0 aliphatic carbocycles. The fraction of sp³-hybridized carbons (Fsp3) is 0.0357. The molecule has 3 nitrogen and oxygen atoms in total. The minimum Gasteiger partial charge on any atom is -0.355 e. The number of H-pyrrole nitrogens is 1. The lowest BCUT2D eigenvalue weighted by atomic mass is 9.84. The van der Waals surface area contributed by atoms with Crippen LogP contribution in [-0.2, 0) is 0 Å². The molecule has 0 atom stereocenters. The van der Waals surface area contributed by atoms with Gasteiger partial charge in [-0.3, -0.25) is 4.79 Å². The number of nitrogens with one attached hydrogen (secondary N) is 2. The van der Waals surface area contributed by atoms with Crippen LogP contribution >= 0.6 is 34.8 Å². The molecule has 0 amide bonds. The van der Waals surface area contributed by atoms with Crippen molar-refractivity contribution in [1.29, 1.82) is 0 Å². The molecule has 0 aliphatic heterocycles. The Morgan fingerprint density at radius 2 is 1.31 bits per heavy atom. The molecule has 0 radical (unpaired) electrons.